The molecule has 0 saturated heterocycles. The fourth-order valence-electron chi connectivity index (χ4n) is 3.28. The Morgan fingerprint density at radius 3 is 2.59 bits per heavy atom. The van der Waals surface area contributed by atoms with Crippen molar-refractivity contribution in [1.29, 1.82) is 0 Å². The Labute approximate surface area is 195 Å². The predicted molar refractivity (Wildman–Crippen MR) is 123 cm³/mol. The Bertz CT molecular complexity index is 1180. The molecule has 3 rings (SSSR count). The summed E-state index contributed by atoms with van der Waals surface area (Å²) in [6, 6.07) is 10.3. The molecule has 170 valence electrons. The highest BCUT2D eigenvalue weighted by Gasteiger charge is 2.29. The fraction of sp³-hybridized carbons (Fsp3) is 0.238. The molecule has 1 fully saturated rings. The third-order valence-electron chi connectivity index (χ3n) is 4.77. The number of carboxylic acids is 1. The van der Waals surface area contributed by atoms with Gasteiger partial charge in [-0.2, -0.15) is 0 Å². The lowest BCUT2D eigenvalue weighted by atomic mass is 9.89. The number of hydrogen-bond donors (Lipinski definition) is 3. The molecule has 11 heteroatoms. The molecule has 0 bridgehead atoms. The van der Waals surface area contributed by atoms with E-state index in [9.17, 15) is 13.2 Å². The van der Waals surface area contributed by atoms with Gasteiger partial charge in [0.05, 0.1) is 21.0 Å². The molecule has 0 spiro atoms. The van der Waals surface area contributed by atoms with Crippen molar-refractivity contribution < 1.29 is 23.1 Å². The van der Waals surface area contributed by atoms with Crippen molar-refractivity contribution in [3.8, 4) is 11.5 Å². The summed E-state index contributed by atoms with van der Waals surface area (Å²) in [7, 11) is -3.96. The maximum Gasteiger partial charge on any atom is 0.325 e. The van der Waals surface area contributed by atoms with E-state index in [1.807, 2.05) is 0 Å². The zero-order valence-corrected chi connectivity index (χ0v) is 19.1. The van der Waals surface area contributed by atoms with E-state index < -0.39 is 28.6 Å². The number of nitrogens with two attached hydrogens (primary N) is 1. The van der Waals surface area contributed by atoms with Gasteiger partial charge >= 0.3 is 5.97 Å². The van der Waals surface area contributed by atoms with Crippen LogP contribution in [0.25, 0.3) is 0 Å². The number of aliphatic carboxylic acids is 1. The molecule has 0 amide bonds. The van der Waals surface area contributed by atoms with Crippen LogP contribution in [0, 0.1) is 0 Å². The van der Waals surface area contributed by atoms with Gasteiger partial charge < -0.3 is 15.6 Å². The van der Waals surface area contributed by atoms with Crippen LogP contribution in [0.5, 0.6) is 11.5 Å². The summed E-state index contributed by atoms with van der Waals surface area (Å²) in [4.78, 5) is 14.8. The first kappa shape index (κ1) is 24.1. The van der Waals surface area contributed by atoms with E-state index in [0.29, 0.717) is 41.3 Å². The SMILES string of the molecule is NC=C1C(=NCC(=O)O)CCC[C@H]1NS(=O)(=O)c1ccc(Oc2ccccc2Cl)c(Cl)c1. The highest BCUT2D eigenvalue weighted by Crippen LogP contribution is 2.34. The summed E-state index contributed by atoms with van der Waals surface area (Å²) in [5.74, 6) is -0.440. The topological polar surface area (TPSA) is 131 Å². The molecular formula is C21H21Cl2N3O5S. The summed E-state index contributed by atoms with van der Waals surface area (Å²) in [5.41, 5.74) is 6.65. The third-order valence-corrected chi connectivity index (χ3v) is 6.84. The van der Waals surface area contributed by atoms with Crippen molar-refractivity contribution in [2.24, 2.45) is 10.7 Å². The lowest BCUT2D eigenvalue weighted by Gasteiger charge is -2.27. The smallest absolute Gasteiger partial charge is 0.325 e. The van der Waals surface area contributed by atoms with Crippen molar-refractivity contribution in [2.45, 2.75) is 30.2 Å². The van der Waals surface area contributed by atoms with E-state index in [2.05, 4.69) is 9.71 Å². The van der Waals surface area contributed by atoms with Crippen LogP contribution in [0.15, 0.2) is 64.1 Å². The lowest BCUT2D eigenvalue weighted by molar-refractivity contribution is -0.135. The summed E-state index contributed by atoms with van der Waals surface area (Å²) in [6.45, 7) is -0.408. The van der Waals surface area contributed by atoms with Crippen LogP contribution in [-0.4, -0.2) is 37.8 Å². The second-order valence-electron chi connectivity index (χ2n) is 6.97. The Morgan fingerprint density at radius 1 is 1.22 bits per heavy atom. The first-order chi connectivity index (χ1) is 15.2. The summed E-state index contributed by atoms with van der Waals surface area (Å²) < 4.78 is 34.2. The van der Waals surface area contributed by atoms with Gasteiger partial charge in [-0.3, -0.25) is 9.79 Å². The number of hydrogen-bond acceptors (Lipinski definition) is 6. The molecule has 1 saturated carbocycles. The molecular weight excluding hydrogens is 477 g/mol. The molecule has 1 atom stereocenters. The number of benzene rings is 2. The molecule has 0 unspecified atom stereocenters. The maximum absolute atomic E-state index is 13.0. The van der Waals surface area contributed by atoms with Crippen LogP contribution in [0.3, 0.4) is 0 Å². The van der Waals surface area contributed by atoms with Crippen LogP contribution < -0.4 is 15.2 Å². The number of carboxylic acid groups (broad SMARTS) is 1. The monoisotopic (exact) mass is 497 g/mol. The molecule has 0 aromatic heterocycles. The van der Waals surface area contributed by atoms with E-state index in [1.165, 1.54) is 24.4 Å². The summed E-state index contributed by atoms with van der Waals surface area (Å²) in [6.07, 6.45) is 2.92. The minimum absolute atomic E-state index is 0.0556. The Balaban J connectivity index is 1.80. The zero-order valence-electron chi connectivity index (χ0n) is 16.8. The molecule has 8 nitrogen and oxygen atoms in total. The van der Waals surface area contributed by atoms with Gasteiger partial charge in [0.25, 0.3) is 0 Å². The summed E-state index contributed by atoms with van der Waals surface area (Å²) >= 11 is 12.4. The number of aliphatic imine (C=N–C) groups is 1. The van der Waals surface area contributed by atoms with Gasteiger partial charge in [0.15, 0.2) is 0 Å². The number of rotatable bonds is 7. The molecule has 0 aliphatic heterocycles. The number of halogens is 2. The predicted octanol–water partition coefficient (Wildman–Crippen LogP) is 3.98. The second kappa shape index (κ2) is 10.4. The normalized spacial score (nSPS) is 19.2. The van der Waals surface area contributed by atoms with Crippen molar-refractivity contribution in [3.05, 3.63) is 64.3 Å². The van der Waals surface area contributed by atoms with Crippen molar-refractivity contribution in [3.63, 3.8) is 0 Å². The van der Waals surface area contributed by atoms with Crippen LogP contribution >= 0.6 is 23.2 Å². The van der Waals surface area contributed by atoms with E-state index in [-0.39, 0.29) is 15.7 Å². The third kappa shape index (κ3) is 5.80. The Morgan fingerprint density at radius 2 is 1.94 bits per heavy atom. The van der Waals surface area contributed by atoms with E-state index >= 15 is 0 Å². The fourth-order valence-corrected chi connectivity index (χ4v) is 5.01. The van der Waals surface area contributed by atoms with Gasteiger partial charge in [-0.15, -0.1) is 0 Å². The van der Waals surface area contributed by atoms with Crippen molar-refractivity contribution >= 4 is 44.9 Å². The van der Waals surface area contributed by atoms with Gasteiger partial charge in [-0.1, -0.05) is 35.3 Å². The highest BCUT2D eigenvalue weighted by molar-refractivity contribution is 7.89. The van der Waals surface area contributed by atoms with E-state index in [4.69, 9.17) is 38.8 Å². The standard InChI is InChI=1S/C21H21Cl2N3O5S/c22-15-4-1-2-7-19(15)31-20-9-8-13(10-16(20)23)32(29,30)26-18-6-3-5-17(14(18)11-24)25-12-21(27)28/h1-2,4,7-11,18,26H,3,5-6,12,24H2,(H,27,28)/t18-/m1/s1. The first-order valence-corrected chi connectivity index (χ1v) is 11.9. The minimum atomic E-state index is -3.96. The van der Waals surface area contributed by atoms with Gasteiger partial charge in [0.1, 0.15) is 18.0 Å². The maximum atomic E-state index is 13.0. The van der Waals surface area contributed by atoms with Gasteiger partial charge in [0, 0.05) is 17.5 Å². The highest BCUT2D eigenvalue weighted by atomic mass is 35.5. The Kier molecular flexibility index (Phi) is 7.78. The molecule has 4 N–H and O–H groups in total. The molecule has 32 heavy (non-hydrogen) atoms. The van der Waals surface area contributed by atoms with Crippen molar-refractivity contribution in [2.75, 3.05) is 6.54 Å². The zero-order chi connectivity index (χ0) is 23.3. The van der Waals surface area contributed by atoms with Gasteiger partial charge in [0.2, 0.25) is 10.0 Å². The summed E-state index contributed by atoms with van der Waals surface area (Å²) in [5, 5.41) is 9.34. The molecule has 1 aliphatic carbocycles. The average molecular weight is 498 g/mol. The number of nitrogens with one attached hydrogen (secondary N) is 1. The van der Waals surface area contributed by atoms with Crippen LogP contribution in [0.1, 0.15) is 19.3 Å². The first-order valence-electron chi connectivity index (χ1n) is 9.63. The number of sulfonamides is 1. The minimum Gasteiger partial charge on any atom is -0.480 e. The number of carbonyl (C=O) groups is 1. The largest absolute Gasteiger partial charge is 0.480 e. The van der Waals surface area contributed by atoms with Gasteiger partial charge in [-0.25, -0.2) is 13.1 Å². The van der Waals surface area contributed by atoms with Crippen LogP contribution in [0.4, 0.5) is 0 Å². The molecule has 0 heterocycles. The average Bonchev–Trinajstić information content (AvgIpc) is 2.74. The van der Waals surface area contributed by atoms with Crippen LogP contribution in [-0.2, 0) is 14.8 Å². The number of para-hydroxylation sites is 1. The molecule has 2 aromatic rings. The van der Waals surface area contributed by atoms with E-state index in [0.717, 1.165) is 0 Å². The quantitative estimate of drug-likeness (QED) is 0.529. The van der Waals surface area contributed by atoms with Gasteiger partial charge in [-0.05, 0) is 49.6 Å². The second-order valence-corrected chi connectivity index (χ2v) is 9.50. The van der Waals surface area contributed by atoms with E-state index in [1.54, 1.807) is 24.3 Å². The van der Waals surface area contributed by atoms with Crippen LogP contribution in [0.2, 0.25) is 10.0 Å². The lowest BCUT2D eigenvalue weighted by Crippen LogP contribution is -2.41. The number of nitrogens with zero attached hydrogens (tertiary/aromatic N) is 1. The molecule has 1 aliphatic rings. The molecule has 2 aromatic carbocycles. The Hall–Kier alpha value is -2.59. The molecule has 0 radical (unpaired) electrons. The van der Waals surface area contributed by atoms with Crippen molar-refractivity contribution in [1.82, 2.24) is 4.72 Å². The number of ether oxygens (including phenoxy) is 1.